The summed E-state index contributed by atoms with van der Waals surface area (Å²) >= 11 is 0. The fourth-order valence-electron chi connectivity index (χ4n) is 6.37. The van der Waals surface area contributed by atoms with Crippen LogP contribution in [0.4, 0.5) is 34.1 Å². The number of hydrogen-bond donors (Lipinski definition) is 8. The van der Waals surface area contributed by atoms with Crippen LogP contribution in [0.5, 0.6) is 23.0 Å². The number of azo groups is 2. The molecule has 0 bridgehead atoms. The normalized spacial score (nSPS) is 12.6. The zero-order valence-corrected chi connectivity index (χ0v) is 49.2. The Labute approximate surface area is 486 Å². The van der Waals surface area contributed by atoms with Gasteiger partial charge in [-0.05, 0) is 82.6 Å². The van der Waals surface area contributed by atoms with Crippen LogP contribution in [0, 0.1) is 0 Å². The van der Waals surface area contributed by atoms with Crippen molar-refractivity contribution in [1.82, 2.24) is 0 Å². The van der Waals surface area contributed by atoms with Gasteiger partial charge in [0.2, 0.25) is 0 Å². The first-order chi connectivity index (χ1) is 30.6. The van der Waals surface area contributed by atoms with Crippen LogP contribution >= 0.6 is 0 Å². The molecule has 0 aromatic heterocycles. The second kappa shape index (κ2) is 24.2. The Morgan fingerprint density at radius 3 is 1.06 bits per heavy atom. The molecule has 4 radical (unpaired) electrons. The van der Waals surface area contributed by atoms with Crippen molar-refractivity contribution in [2.24, 2.45) is 30.4 Å². The van der Waals surface area contributed by atoms with Crippen molar-refractivity contribution < 1.29 is 81.8 Å². The topological polar surface area (TPSA) is 391 Å². The van der Waals surface area contributed by atoms with E-state index in [2.05, 4.69) is 30.4 Å². The van der Waals surface area contributed by atoms with Crippen molar-refractivity contribution in [2.75, 3.05) is 14.2 Å². The number of hydrogen-bond acceptors (Lipinski definition) is 18. The van der Waals surface area contributed by atoms with E-state index in [9.17, 15) is 72.3 Å². The maximum Gasteiger partial charge on any atom is 0.296 e. The van der Waals surface area contributed by atoms with Gasteiger partial charge >= 0.3 is 0 Å². The molecule has 0 unspecified atom stereocenters. The first kappa shape index (κ1) is 62.9. The minimum Gasteiger partial charge on any atom is -0.505 e. The van der Waals surface area contributed by atoms with Gasteiger partial charge in [0.1, 0.15) is 44.0 Å². The van der Waals surface area contributed by atoms with Crippen LogP contribution in [-0.4, -0.2) is 217 Å². The van der Waals surface area contributed by atoms with Crippen LogP contribution in [0.25, 0.3) is 32.7 Å². The number of aliphatic hydroxyl groups is 2. The van der Waals surface area contributed by atoms with Crippen molar-refractivity contribution in [1.29, 1.82) is 0 Å². The summed E-state index contributed by atoms with van der Waals surface area (Å²) in [6.45, 7) is 2.21. The largest absolute Gasteiger partial charge is 0.505 e. The molecule has 0 amide bonds. The maximum absolute atomic E-state index is 12.5. The number of ether oxygens (including phenoxy) is 2. The van der Waals surface area contributed by atoms with Gasteiger partial charge in [-0.15, -0.1) is 20.5 Å². The number of fused-ring (bicyclic) bond motifs is 2. The first-order valence-corrected chi connectivity index (χ1v) is 23.6. The van der Waals surface area contributed by atoms with Crippen molar-refractivity contribution in [3.05, 3.63) is 72.8 Å². The van der Waals surface area contributed by atoms with Crippen LogP contribution in [0.15, 0.2) is 123 Å². The zero-order chi connectivity index (χ0) is 48.8. The van der Waals surface area contributed by atoms with Gasteiger partial charge < -0.3 is 29.9 Å². The Morgan fingerprint density at radius 2 is 0.786 bits per heavy atom. The number of aliphatic hydroxyl groups excluding tert-OH is 2. The Kier molecular flexibility index (Phi) is 21.8. The van der Waals surface area contributed by atoms with Crippen molar-refractivity contribution in [2.45, 2.75) is 33.4 Å². The minimum absolute atomic E-state index is 0. The molecule has 0 atom stereocenters. The third-order valence-electron chi connectivity index (χ3n) is 9.13. The molecular formula is C38H32N6Na4O18S4. The predicted molar refractivity (Wildman–Crippen MR) is 258 cm³/mol. The van der Waals surface area contributed by atoms with Gasteiger partial charge in [-0.2, -0.15) is 33.7 Å². The van der Waals surface area contributed by atoms with E-state index in [1.807, 2.05) is 0 Å². The second-order valence-electron chi connectivity index (χ2n) is 13.6. The summed E-state index contributed by atoms with van der Waals surface area (Å²) in [5, 5.41) is 56.6. The Bertz CT molecular complexity index is 3410. The van der Waals surface area contributed by atoms with Gasteiger partial charge in [-0.3, -0.25) is 18.2 Å². The van der Waals surface area contributed by atoms with E-state index in [1.165, 1.54) is 50.6 Å². The van der Waals surface area contributed by atoms with E-state index >= 15 is 0 Å². The van der Waals surface area contributed by atoms with E-state index < -0.39 is 106 Å². The predicted octanol–water partition coefficient (Wildman–Crippen LogP) is 6.60. The van der Waals surface area contributed by atoms with Crippen LogP contribution in [-0.2, 0) is 40.5 Å². The Morgan fingerprint density at radius 1 is 0.457 bits per heavy atom. The van der Waals surface area contributed by atoms with E-state index in [1.54, 1.807) is 0 Å². The summed E-state index contributed by atoms with van der Waals surface area (Å²) in [7, 11) is -17.8. The van der Waals surface area contributed by atoms with Crippen LogP contribution in [0.3, 0.4) is 0 Å². The molecule has 0 aliphatic heterocycles. The standard InChI is InChI=1S/C38H32N6O18S4.4Na/c1-17(45)39-27-15-23(63(49,50)51)9-21-13-31(65(55,56)57)35(37(47)33(21)27)43-41-25-7-5-19(11-29(25)61-3)20-6-8-26(30(12-20)62-4)42-44-36-32(66(58,59)60)14-22-10-24(64(52,53)54)16-28(40-18(2)46)34(22)38(36)48;;;;/h5-16,47-48H,1-4H3,(H,39,45)(H,40,46)(H,49,50,51)(H,52,53,54)(H,55,56,57)(H,58,59,60);;;;. The summed E-state index contributed by atoms with van der Waals surface area (Å²) in [6.07, 6.45) is 0. The molecule has 0 aliphatic carbocycles. The van der Waals surface area contributed by atoms with Gasteiger partial charge in [0, 0.05) is 132 Å². The van der Waals surface area contributed by atoms with Crippen LogP contribution in [0.2, 0.25) is 0 Å². The monoisotopic (exact) mass is 1080 g/mol. The number of aromatic hydroxyl groups is 2. The molecule has 8 N–H and O–H groups in total. The number of methoxy groups -OCH3 is 2. The number of phenolic OH excluding ortho intramolecular Hbond substituents is 2. The van der Waals surface area contributed by atoms with Crippen molar-refractivity contribution >= 4 is 226 Å². The maximum atomic E-state index is 12.5. The summed E-state index contributed by atoms with van der Waals surface area (Å²) in [5.74, 6) is -3.16. The number of nitrogens with zero attached hydrogens (tertiary/aromatic N) is 6. The SMILES string of the molecule is COc1cc(-c2ccc(N=Nc3c(S(=O)(=O)O)cc4cc(S(=O)(=O)O)cc(N=C(C)O)c4c3O)c(OC)c2)ccc1N=Nc1c(S(=O)(=O)O)cc2cc(S(=O)(=O)O)cc(N=C(C)O)c2c1O.[Na].[Na].[Na].[Na]. The molecule has 24 nitrogen and oxygen atoms in total. The second-order valence-corrected chi connectivity index (χ2v) is 19.2. The third-order valence-corrected chi connectivity index (χ3v) is 12.5. The molecule has 32 heteroatoms. The number of rotatable bonds is 13. The minimum atomic E-state index is -5.21. The first-order valence-electron chi connectivity index (χ1n) is 17.9. The van der Waals surface area contributed by atoms with Gasteiger partial charge in [-0.1, -0.05) is 12.1 Å². The molecule has 70 heavy (non-hydrogen) atoms. The van der Waals surface area contributed by atoms with Crippen LogP contribution in [0.1, 0.15) is 13.8 Å². The fourth-order valence-corrected chi connectivity index (χ4v) is 8.76. The molecule has 0 fully saturated rings. The van der Waals surface area contributed by atoms with Crippen LogP contribution < -0.4 is 9.47 Å². The molecule has 350 valence electrons. The molecule has 0 aliphatic rings. The fraction of sp³-hybridized carbons (Fsp3) is 0.105. The van der Waals surface area contributed by atoms with Gasteiger partial charge in [0.15, 0.2) is 23.3 Å². The number of phenols is 2. The summed E-state index contributed by atoms with van der Waals surface area (Å²) < 4.78 is 148. The van der Waals surface area contributed by atoms with E-state index in [-0.39, 0.29) is 163 Å². The van der Waals surface area contributed by atoms with Crippen molar-refractivity contribution in [3.63, 3.8) is 0 Å². The number of benzene rings is 6. The van der Waals surface area contributed by atoms with E-state index in [0.29, 0.717) is 11.1 Å². The molecule has 6 rings (SSSR count). The molecule has 6 aromatic carbocycles. The molecule has 0 saturated heterocycles. The molecular weight excluding hydrogens is 1050 g/mol. The van der Waals surface area contributed by atoms with E-state index in [4.69, 9.17) is 9.47 Å². The van der Waals surface area contributed by atoms with Gasteiger partial charge in [0.25, 0.3) is 40.5 Å². The van der Waals surface area contributed by atoms with E-state index in [0.717, 1.165) is 50.2 Å². The average Bonchev–Trinajstić information content (AvgIpc) is 3.20. The molecule has 6 aromatic rings. The smallest absolute Gasteiger partial charge is 0.296 e. The van der Waals surface area contributed by atoms with Crippen molar-refractivity contribution in [3.8, 4) is 34.1 Å². The summed E-state index contributed by atoms with van der Waals surface area (Å²) in [6, 6.07) is 13.2. The third kappa shape index (κ3) is 14.1. The average molecular weight is 1080 g/mol. The molecule has 0 spiro atoms. The molecule has 0 saturated carbocycles. The van der Waals surface area contributed by atoms with Gasteiger partial charge in [0.05, 0.1) is 46.2 Å². The Balaban J connectivity index is 0.00000420. The quantitative estimate of drug-likeness (QED) is 0.0198. The Hall–Kier alpha value is -3.18. The molecule has 0 heterocycles. The summed E-state index contributed by atoms with van der Waals surface area (Å²) in [4.78, 5) is 3.89. The zero-order valence-electron chi connectivity index (χ0n) is 37.9. The summed E-state index contributed by atoms with van der Waals surface area (Å²) in [5.41, 5.74) is -1.82. The number of aliphatic imine (C=N–C) groups is 2. The van der Waals surface area contributed by atoms with Gasteiger partial charge in [-0.25, -0.2) is 9.98 Å².